The minimum absolute atomic E-state index is 0.206. The van der Waals surface area contributed by atoms with E-state index in [0.29, 0.717) is 0 Å². The van der Waals surface area contributed by atoms with E-state index in [9.17, 15) is 0 Å². The quantitative estimate of drug-likeness (QED) is 0.891. The van der Waals surface area contributed by atoms with E-state index < -0.39 is 0 Å². The fraction of sp³-hybridized carbons (Fsp3) is 0.812. The molecule has 1 aromatic rings. The molecule has 2 heterocycles. The maximum atomic E-state index is 6.58. The smallest absolute Gasteiger partial charge is 0.0850 e. The van der Waals surface area contributed by atoms with Gasteiger partial charge in [-0.3, -0.25) is 4.68 Å². The number of nitrogens with zero attached hydrogens (tertiary/aromatic N) is 2. The lowest BCUT2D eigenvalue weighted by Gasteiger charge is -2.33. The number of aromatic nitrogens is 2. The van der Waals surface area contributed by atoms with E-state index in [1.807, 2.05) is 0 Å². The Bertz CT molecular complexity index is 431. The molecule has 1 fully saturated rings. The van der Waals surface area contributed by atoms with E-state index in [2.05, 4.69) is 35.9 Å². The van der Waals surface area contributed by atoms with Crippen LogP contribution in [0.15, 0.2) is 0 Å². The Hall–Kier alpha value is -0.540. The van der Waals surface area contributed by atoms with Crippen LogP contribution in [0.25, 0.3) is 0 Å². The SMILES string of the molecule is CCc1nn(CC)c(CC2(CC)CCCCCN2)c1Cl. The predicted octanol–water partition coefficient (Wildman–Crippen LogP) is 3.97. The Balaban J connectivity index is 2.28. The first-order chi connectivity index (χ1) is 9.65. The predicted molar refractivity (Wildman–Crippen MR) is 85.5 cm³/mol. The number of rotatable bonds is 5. The van der Waals surface area contributed by atoms with Crippen LogP contribution in [0.2, 0.25) is 5.02 Å². The van der Waals surface area contributed by atoms with Gasteiger partial charge in [0, 0.05) is 18.5 Å². The fourth-order valence-corrected chi connectivity index (χ4v) is 3.63. The third-order valence-electron chi connectivity index (χ3n) is 4.71. The number of halogens is 1. The van der Waals surface area contributed by atoms with Crippen molar-refractivity contribution in [1.82, 2.24) is 15.1 Å². The Kier molecular flexibility index (Phi) is 5.50. The van der Waals surface area contributed by atoms with E-state index in [-0.39, 0.29) is 5.54 Å². The van der Waals surface area contributed by atoms with Crippen LogP contribution in [-0.4, -0.2) is 21.9 Å². The molecule has 20 heavy (non-hydrogen) atoms. The third-order valence-corrected chi connectivity index (χ3v) is 5.15. The summed E-state index contributed by atoms with van der Waals surface area (Å²) in [4.78, 5) is 0. The summed E-state index contributed by atoms with van der Waals surface area (Å²) in [5, 5.41) is 9.35. The lowest BCUT2D eigenvalue weighted by atomic mass is 9.85. The third kappa shape index (κ3) is 3.20. The van der Waals surface area contributed by atoms with Gasteiger partial charge in [0.2, 0.25) is 0 Å². The van der Waals surface area contributed by atoms with Gasteiger partial charge in [-0.15, -0.1) is 0 Å². The van der Waals surface area contributed by atoms with Gasteiger partial charge in [-0.2, -0.15) is 5.10 Å². The number of aryl methyl sites for hydroxylation is 2. The Morgan fingerprint density at radius 1 is 1.25 bits per heavy atom. The van der Waals surface area contributed by atoms with Crippen LogP contribution < -0.4 is 5.32 Å². The van der Waals surface area contributed by atoms with Crippen molar-refractivity contribution in [3.8, 4) is 0 Å². The zero-order chi connectivity index (χ0) is 14.6. The monoisotopic (exact) mass is 297 g/mol. The van der Waals surface area contributed by atoms with Gasteiger partial charge in [0.05, 0.1) is 16.4 Å². The zero-order valence-corrected chi connectivity index (χ0v) is 13.9. The first-order valence-corrected chi connectivity index (χ1v) is 8.52. The summed E-state index contributed by atoms with van der Waals surface area (Å²) >= 11 is 6.58. The van der Waals surface area contributed by atoms with E-state index in [0.717, 1.165) is 43.1 Å². The molecule has 1 aromatic heterocycles. The molecular weight excluding hydrogens is 270 g/mol. The van der Waals surface area contributed by atoms with Gasteiger partial charge in [-0.25, -0.2) is 0 Å². The molecule has 0 aliphatic carbocycles. The van der Waals surface area contributed by atoms with Crippen LogP contribution >= 0.6 is 11.6 Å². The minimum Gasteiger partial charge on any atom is -0.311 e. The Morgan fingerprint density at radius 3 is 2.70 bits per heavy atom. The van der Waals surface area contributed by atoms with Crippen molar-refractivity contribution < 1.29 is 0 Å². The average molecular weight is 298 g/mol. The van der Waals surface area contributed by atoms with Crippen LogP contribution in [0.1, 0.15) is 64.3 Å². The van der Waals surface area contributed by atoms with Gasteiger partial charge in [0.1, 0.15) is 0 Å². The molecule has 3 nitrogen and oxygen atoms in total. The molecule has 1 unspecified atom stereocenters. The number of nitrogens with one attached hydrogen (secondary N) is 1. The highest BCUT2D eigenvalue weighted by Crippen LogP contribution is 2.31. The van der Waals surface area contributed by atoms with E-state index in [1.54, 1.807) is 0 Å². The van der Waals surface area contributed by atoms with E-state index in [4.69, 9.17) is 11.6 Å². The van der Waals surface area contributed by atoms with Crippen molar-refractivity contribution in [2.45, 2.75) is 77.8 Å². The van der Waals surface area contributed by atoms with Crippen molar-refractivity contribution >= 4 is 11.6 Å². The lowest BCUT2D eigenvalue weighted by molar-refractivity contribution is 0.295. The second-order valence-corrected chi connectivity index (χ2v) is 6.30. The maximum absolute atomic E-state index is 6.58. The molecule has 1 aliphatic rings. The molecule has 0 aromatic carbocycles. The molecule has 0 radical (unpaired) electrons. The Morgan fingerprint density at radius 2 is 2.05 bits per heavy atom. The molecule has 2 rings (SSSR count). The van der Waals surface area contributed by atoms with Crippen molar-refractivity contribution in [1.29, 1.82) is 0 Å². The van der Waals surface area contributed by atoms with Gasteiger partial charge in [0.25, 0.3) is 0 Å². The fourth-order valence-electron chi connectivity index (χ4n) is 3.29. The molecule has 0 bridgehead atoms. The summed E-state index contributed by atoms with van der Waals surface area (Å²) in [7, 11) is 0. The summed E-state index contributed by atoms with van der Waals surface area (Å²) in [5.74, 6) is 0. The molecule has 0 saturated carbocycles. The first-order valence-electron chi connectivity index (χ1n) is 8.15. The number of hydrogen-bond acceptors (Lipinski definition) is 2. The van der Waals surface area contributed by atoms with Crippen molar-refractivity contribution in [3.63, 3.8) is 0 Å². The largest absolute Gasteiger partial charge is 0.311 e. The molecule has 114 valence electrons. The second-order valence-electron chi connectivity index (χ2n) is 5.92. The molecule has 1 N–H and O–H groups in total. The Labute approximate surface area is 128 Å². The van der Waals surface area contributed by atoms with Gasteiger partial charge in [-0.05, 0) is 39.2 Å². The van der Waals surface area contributed by atoms with Crippen molar-refractivity contribution in [2.75, 3.05) is 6.54 Å². The van der Waals surface area contributed by atoms with Gasteiger partial charge in [0.15, 0.2) is 0 Å². The summed E-state index contributed by atoms with van der Waals surface area (Å²) in [5.41, 5.74) is 2.48. The highest BCUT2D eigenvalue weighted by atomic mass is 35.5. The summed E-state index contributed by atoms with van der Waals surface area (Å²) in [6.07, 6.45) is 8.27. The molecule has 1 saturated heterocycles. The lowest BCUT2D eigenvalue weighted by Crippen LogP contribution is -2.46. The summed E-state index contributed by atoms with van der Waals surface area (Å²) in [6, 6.07) is 0. The standard InChI is InChI=1S/C16H28ClN3/c1-4-13-15(17)14(20(6-3)19-13)12-16(5-2)10-8-7-9-11-18-16/h18H,4-12H2,1-3H3. The van der Waals surface area contributed by atoms with Crippen LogP contribution in [0.4, 0.5) is 0 Å². The van der Waals surface area contributed by atoms with Gasteiger partial charge >= 0.3 is 0 Å². The molecule has 0 amide bonds. The minimum atomic E-state index is 0.206. The van der Waals surface area contributed by atoms with E-state index >= 15 is 0 Å². The van der Waals surface area contributed by atoms with Crippen LogP contribution in [0.3, 0.4) is 0 Å². The van der Waals surface area contributed by atoms with Crippen LogP contribution in [0, 0.1) is 0 Å². The van der Waals surface area contributed by atoms with Gasteiger partial charge < -0.3 is 5.32 Å². The molecule has 0 spiro atoms. The highest BCUT2D eigenvalue weighted by molar-refractivity contribution is 6.31. The molecule has 1 atom stereocenters. The van der Waals surface area contributed by atoms with E-state index in [1.165, 1.54) is 31.4 Å². The van der Waals surface area contributed by atoms with Crippen LogP contribution in [0.5, 0.6) is 0 Å². The zero-order valence-electron chi connectivity index (χ0n) is 13.1. The second kappa shape index (κ2) is 6.95. The van der Waals surface area contributed by atoms with Gasteiger partial charge in [-0.1, -0.05) is 38.3 Å². The first kappa shape index (κ1) is 15.8. The summed E-state index contributed by atoms with van der Waals surface area (Å²) in [6.45, 7) is 8.59. The molecule has 1 aliphatic heterocycles. The van der Waals surface area contributed by atoms with Crippen molar-refractivity contribution in [3.05, 3.63) is 16.4 Å². The van der Waals surface area contributed by atoms with Crippen molar-refractivity contribution in [2.24, 2.45) is 0 Å². The average Bonchev–Trinajstić information content (AvgIpc) is 2.66. The highest BCUT2D eigenvalue weighted by Gasteiger charge is 2.31. The summed E-state index contributed by atoms with van der Waals surface area (Å²) < 4.78 is 2.10. The normalized spacial score (nSPS) is 23.8. The maximum Gasteiger partial charge on any atom is 0.0850 e. The number of hydrogen-bond donors (Lipinski definition) is 1. The van der Waals surface area contributed by atoms with Crippen LogP contribution in [-0.2, 0) is 19.4 Å². The molecule has 4 heteroatoms. The molecular formula is C16H28ClN3. The topological polar surface area (TPSA) is 29.9 Å².